The highest BCUT2D eigenvalue weighted by Crippen LogP contribution is 2.22. The highest BCUT2D eigenvalue weighted by Gasteiger charge is 2.17. The van der Waals surface area contributed by atoms with E-state index in [4.69, 9.17) is 4.74 Å². The van der Waals surface area contributed by atoms with Gasteiger partial charge in [-0.05, 0) is 6.07 Å². The molecule has 0 fully saturated rings. The molecule has 0 aliphatic carbocycles. The second-order valence-corrected chi connectivity index (χ2v) is 4.96. The maximum Gasteiger partial charge on any atom is 0.176 e. The van der Waals surface area contributed by atoms with Crippen LogP contribution in [0.5, 0.6) is 5.75 Å². The molecule has 3 nitrogen and oxygen atoms in total. The van der Waals surface area contributed by atoms with Crippen molar-refractivity contribution < 1.29 is 9.53 Å². The molecule has 0 bridgehead atoms. The Morgan fingerprint density at radius 2 is 1.80 bits per heavy atom. The van der Waals surface area contributed by atoms with Crippen LogP contribution in [0.25, 0.3) is 0 Å². The second kappa shape index (κ2) is 5.88. The smallest absolute Gasteiger partial charge is 0.176 e. The van der Waals surface area contributed by atoms with Crippen LogP contribution in [-0.4, -0.2) is 30.4 Å². The summed E-state index contributed by atoms with van der Waals surface area (Å²) in [7, 11) is 0. The number of ether oxygens (including phenoxy) is 1. The molecule has 3 heteroatoms. The van der Waals surface area contributed by atoms with E-state index < -0.39 is 0 Å². The lowest BCUT2D eigenvalue weighted by molar-refractivity contribution is 0.0921. The van der Waals surface area contributed by atoms with E-state index in [1.54, 1.807) is 0 Å². The molecule has 102 valence electrons. The molecule has 3 rings (SSSR count). The minimum absolute atomic E-state index is 0.157. The van der Waals surface area contributed by atoms with Gasteiger partial charge in [-0.15, -0.1) is 0 Å². The summed E-state index contributed by atoms with van der Waals surface area (Å²) < 4.78 is 5.71. The number of hydrogen-bond donors (Lipinski definition) is 0. The monoisotopic (exact) mass is 267 g/mol. The van der Waals surface area contributed by atoms with E-state index in [2.05, 4.69) is 11.0 Å². The summed E-state index contributed by atoms with van der Waals surface area (Å²) in [5, 5.41) is 0. The van der Waals surface area contributed by atoms with Crippen molar-refractivity contribution in [2.45, 2.75) is 6.54 Å². The molecule has 2 aromatic carbocycles. The fourth-order valence-corrected chi connectivity index (χ4v) is 2.43. The number of ketones is 1. The van der Waals surface area contributed by atoms with E-state index in [1.807, 2.05) is 48.5 Å². The van der Waals surface area contributed by atoms with Crippen LogP contribution in [0, 0.1) is 0 Å². The molecule has 2 aromatic rings. The summed E-state index contributed by atoms with van der Waals surface area (Å²) in [5.74, 6) is 1.09. The minimum atomic E-state index is 0.157. The zero-order valence-electron chi connectivity index (χ0n) is 11.3. The zero-order valence-corrected chi connectivity index (χ0v) is 11.3. The maximum atomic E-state index is 12.3. The first-order valence-electron chi connectivity index (χ1n) is 6.84. The van der Waals surface area contributed by atoms with E-state index in [-0.39, 0.29) is 5.78 Å². The van der Waals surface area contributed by atoms with Crippen LogP contribution >= 0.6 is 0 Å². The molecule has 0 N–H and O–H groups in total. The van der Waals surface area contributed by atoms with Gasteiger partial charge in [-0.2, -0.15) is 0 Å². The molecule has 0 spiro atoms. The predicted molar refractivity (Wildman–Crippen MR) is 78.0 cm³/mol. The van der Waals surface area contributed by atoms with Gasteiger partial charge >= 0.3 is 0 Å². The number of para-hydroxylation sites is 1. The molecular formula is C17H17NO2. The minimum Gasteiger partial charge on any atom is -0.492 e. The average molecular weight is 267 g/mol. The van der Waals surface area contributed by atoms with Gasteiger partial charge in [-0.25, -0.2) is 0 Å². The topological polar surface area (TPSA) is 29.5 Å². The molecule has 0 atom stereocenters. The van der Waals surface area contributed by atoms with Gasteiger partial charge in [-0.1, -0.05) is 48.5 Å². The molecule has 20 heavy (non-hydrogen) atoms. The summed E-state index contributed by atoms with van der Waals surface area (Å²) in [4.78, 5) is 14.4. The van der Waals surface area contributed by atoms with Gasteiger partial charge in [0.05, 0.1) is 6.54 Å². The Morgan fingerprint density at radius 3 is 2.65 bits per heavy atom. The third-order valence-electron chi connectivity index (χ3n) is 3.49. The molecule has 0 aromatic heterocycles. The number of Topliss-reactive ketones (excluding diaryl/α,β-unsaturated/α-hetero) is 1. The lowest BCUT2D eigenvalue weighted by atomic mass is 10.1. The van der Waals surface area contributed by atoms with Crippen LogP contribution in [0.3, 0.4) is 0 Å². The van der Waals surface area contributed by atoms with E-state index in [9.17, 15) is 4.79 Å². The Bertz CT molecular complexity index is 595. The van der Waals surface area contributed by atoms with Crippen LogP contribution in [0.15, 0.2) is 54.6 Å². The Balaban J connectivity index is 1.71. The third kappa shape index (κ3) is 2.89. The number of hydrogen-bond acceptors (Lipinski definition) is 3. The average Bonchev–Trinajstić information content (AvgIpc) is 2.69. The molecular weight excluding hydrogens is 250 g/mol. The Kier molecular flexibility index (Phi) is 3.79. The molecule has 0 radical (unpaired) electrons. The van der Waals surface area contributed by atoms with E-state index in [0.29, 0.717) is 13.2 Å². The van der Waals surface area contributed by atoms with Crippen molar-refractivity contribution in [2.24, 2.45) is 0 Å². The molecule has 0 saturated heterocycles. The second-order valence-electron chi connectivity index (χ2n) is 4.96. The highest BCUT2D eigenvalue weighted by atomic mass is 16.5. The van der Waals surface area contributed by atoms with Gasteiger partial charge in [0, 0.05) is 24.2 Å². The van der Waals surface area contributed by atoms with Crippen LogP contribution in [0.4, 0.5) is 0 Å². The molecule has 1 aliphatic heterocycles. The molecule has 1 heterocycles. The first-order valence-corrected chi connectivity index (χ1v) is 6.84. The number of carbonyl (C=O) groups excluding carboxylic acids is 1. The van der Waals surface area contributed by atoms with Crippen LogP contribution < -0.4 is 4.74 Å². The molecule has 0 unspecified atom stereocenters. The SMILES string of the molecule is O=C(CN1CCOc2ccccc2C1)c1ccccc1. The van der Waals surface area contributed by atoms with Gasteiger partial charge in [0.1, 0.15) is 12.4 Å². The summed E-state index contributed by atoms with van der Waals surface area (Å²) in [5.41, 5.74) is 1.91. The number of rotatable bonds is 3. The molecule has 0 amide bonds. The van der Waals surface area contributed by atoms with Crippen LogP contribution in [0.1, 0.15) is 15.9 Å². The van der Waals surface area contributed by atoms with Gasteiger partial charge in [0.25, 0.3) is 0 Å². The number of benzene rings is 2. The Hall–Kier alpha value is -2.13. The summed E-state index contributed by atoms with van der Waals surface area (Å²) >= 11 is 0. The van der Waals surface area contributed by atoms with Crippen LogP contribution in [0.2, 0.25) is 0 Å². The Morgan fingerprint density at radius 1 is 1.05 bits per heavy atom. The predicted octanol–water partition coefficient (Wildman–Crippen LogP) is 2.76. The van der Waals surface area contributed by atoms with Gasteiger partial charge in [-0.3, -0.25) is 9.69 Å². The maximum absolute atomic E-state index is 12.3. The first kappa shape index (κ1) is 12.9. The van der Waals surface area contributed by atoms with E-state index in [1.165, 1.54) is 0 Å². The van der Waals surface area contributed by atoms with Crippen molar-refractivity contribution in [1.82, 2.24) is 4.90 Å². The quantitative estimate of drug-likeness (QED) is 0.801. The van der Waals surface area contributed by atoms with E-state index >= 15 is 0 Å². The summed E-state index contributed by atoms with van der Waals surface area (Å²) in [6.45, 7) is 2.59. The first-order chi connectivity index (χ1) is 9.83. The number of carbonyl (C=O) groups is 1. The van der Waals surface area contributed by atoms with Crippen molar-refractivity contribution in [3.63, 3.8) is 0 Å². The third-order valence-corrected chi connectivity index (χ3v) is 3.49. The fourth-order valence-electron chi connectivity index (χ4n) is 2.43. The zero-order chi connectivity index (χ0) is 13.8. The van der Waals surface area contributed by atoms with Crippen molar-refractivity contribution in [3.05, 3.63) is 65.7 Å². The van der Waals surface area contributed by atoms with E-state index in [0.717, 1.165) is 30.0 Å². The van der Waals surface area contributed by atoms with Crippen molar-refractivity contribution in [2.75, 3.05) is 19.7 Å². The summed E-state index contributed by atoms with van der Waals surface area (Å²) in [6.07, 6.45) is 0. The number of fused-ring (bicyclic) bond motifs is 1. The van der Waals surface area contributed by atoms with Crippen molar-refractivity contribution in [3.8, 4) is 5.75 Å². The lowest BCUT2D eigenvalue weighted by Crippen LogP contribution is -2.31. The van der Waals surface area contributed by atoms with Crippen molar-refractivity contribution >= 4 is 5.78 Å². The lowest BCUT2D eigenvalue weighted by Gasteiger charge is -2.18. The van der Waals surface area contributed by atoms with Gasteiger partial charge < -0.3 is 4.74 Å². The standard InChI is InChI=1S/C17H17NO2/c19-16(14-6-2-1-3-7-14)13-18-10-11-20-17-9-5-4-8-15(17)12-18/h1-9H,10-13H2. The number of nitrogens with zero attached hydrogens (tertiary/aromatic N) is 1. The molecule has 0 saturated carbocycles. The van der Waals surface area contributed by atoms with Gasteiger partial charge in [0.2, 0.25) is 0 Å². The van der Waals surface area contributed by atoms with Gasteiger partial charge in [0.15, 0.2) is 5.78 Å². The highest BCUT2D eigenvalue weighted by molar-refractivity contribution is 5.97. The Labute approximate surface area is 118 Å². The van der Waals surface area contributed by atoms with Crippen molar-refractivity contribution in [1.29, 1.82) is 0 Å². The summed E-state index contributed by atoms with van der Waals surface area (Å²) in [6, 6.07) is 17.5. The largest absolute Gasteiger partial charge is 0.492 e. The normalized spacial score (nSPS) is 15.0. The van der Waals surface area contributed by atoms with Crippen LogP contribution in [-0.2, 0) is 6.54 Å². The molecule has 1 aliphatic rings. The fraction of sp³-hybridized carbons (Fsp3) is 0.235.